The van der Waals surface area contributed by atoms with Crippen LogP contribution in [0, 0.1) is 0 Å². The zero-order valence-corrected chi connectivity index (χ0v) is 49.1. The summed E-state index contributed by atoms with van der Waals surface area (Å²) in [6.07, 6.45) is 4.73. The molecule has 0 fully saturated rings. The quantitative estimate of drug-likeness (QED) is 0.122. The van der Waals surface area contributed by atoms with Crippen LogP contribution in [0.5, 0.6) is 0 Å². The monoisotopic (exact) mass is 1140 g/mol. The van der Waals surface area contributed by atoms with Gasteiger partial charge in [0.2, 0.25) is 0 Å². The van der Waals surface area contributed by atoms with Gasteiger partial charge in [-0.05, 0) is 177 Å². The van der Waals surface area contributed by atoms with Crippen LogP contribution in [0.15, 0.2) is 328 Å². The molecule has 14 aromatic carbocycles. The minimum absolute atomic E-state index is 1.13. The van der Waals surface area contributed by atoms with Gasteiger partial charge in [0.1, 0.15) is 0 Å². The Kier molecular flexibility index (Phi) is 11.9. The van der Waals surface area contributed by atoms with Crippen LogP contribution in [0.1, 0.15) is 33.4 Å². The fraction of sp³-hybridized carbons (Fsp3) is 0. The molecule has 0 saturated heterocycles. The van der Waals surface area contributed by atoms with Crippen molar-refractivity contribution in [2.45, 2.75) is 0 Å². The van der Waals surface area contributed by atoms with Crippen molar-refractivity contribution in [2.75, 3.05) is 0 Å². The predicted octanol–water partition coefficient (Wildman–Crippen LogP) is 22.4. The van der Waals surface area contributed by atoms with Crippen LogP contribution in [-0.2, 0) is 0 Å². The minimum Gasteiger partial charge on any atom is -0.309 e. The third kappa shape index (κ3) is 8.38. The van der Waals surface area contributed by atoms with Gasteiger partial charge < -0.3 is 18.3 Å². The third-order valence-electron chi connectivity index (χ3n) is 18.6. The van der Waals surface area contributed by atoms with Crippen LogP contribution in [0.25, 0.3) is 144 Å². The van der Waals surface area contributed by atoms with Crippen LogP contribution in [0.2, 0.25) is 0 Å². The molecule has 0 spiro atoms. The maximum absolute atomic E-state index is 2.39. The molecular formula is C86H56N4. The van der Waals surface area contributed by atoms with Crippen LogP contribution in [0.4, 0.5) is 0 Å². The summed E-state index contributed by atoms with van der Waals surface area (Å²) in [5.74, 6) is 0. The van der Waals surface area contributed by atoms with Gasteiger partial charge in [0.05, 0.1) is 44.1 Å². The second-order valence-electron chi connectivity index (χ2n) is 23.6. The zero-order chi connectivity index (χ0) is 59.2. The maximum atomic E-state index is 2.39. The van der Waals surface area contributed by atoms with E-state index in [-0.39, 0.29) is 0 Å². The normalized spacial score (nSPS) is 11.8. The molecule has 0 N–H and O–H groups in total. The predicted molar refractivity (Wildman–Crippen MR) is 381 cm³/mol. The summed E-state index contributed by atoms with van der Waals surface area (Å²) < 4.78 is 9.56. The molecule has 420 valence electrons. The van der Waals surface area contributed by atoms with Gasteiger partial charge in [0, 0.05) is 65.8 Å². The molecule has 0 bridgehead atoms. The van der Waals surface area contributed by atoms with Crippen molar-refractivity contribution < 1.29 is 0 Å². The van der Waals surface area contributed by atoms with E-state index in [1.54, 1.807) is 0 Å². The lowest BCUT2D eigenvalue weighted by Gasteiger charge is -2.14. The number of fused-ring (bicyclic) bond motifs is 13. The first kappa shape index (κ1) is 51.3. The summed E-state index contributed by atoms with van der Waals surface area (Å²) in [5, 5.41) is 12.4. The molecule has 0 aliphatic rings. The van der Waals surface area contributed by atoms with Crippen molar-refractivity contribution >= 4 is 121 Å². The van der Waals surface area contributed by atoms with Crippen molar-refractivity contribution in [3.63, 3.8) is 0 Å². The fourth-order valence-electron chi connectivity index (χ4n) is 14.4. The summed E-state index contributed by atoms with van der Waals surface area (Å²) in [5.41, 5.74) is 23.2. The summed E-state index contributed by atoms with van der Waals surface area (Å²) in [6.45, 7) is 0. The van der Waals surface area contributed by atoms with Crippen LogP contribution in [-0.4, -0.2) is 18.3 Å². The number of aromatic nitrogens is 4. The van der Waals surface area contributed by atoms with E-state index in [2.05, 4.69) is 358 Å². The van der Waals surface area contributed by atoms with E-state index >= 15 is 0 Å². The highest BCUT2D eigenvalue weighted by Gasteiger charge is 2.18. The Morgan fingerprint density at radius 3 is 0.578 bits per heavy atom. The van der Waals surface area contributed by atoms with E-state index in [0.29, 0.717) is 0 Å². The molecule has 0 saturated carbocycles. The zero-order valence-electron chi connectivity index (χ0n) is 49.1. The molecule has 0 unspecified atom stereocenters. The van der Waals surface area contributed by atoms with Gasteiger partial charge in [-0.3, -0.25) is 0 Å². The first-order valence-corrected chi connectivity index (χ1v) is 31.0. The Bertz CT molecular complexity index is 5020. The maximum Gasteiger partial charge on any atom is 0.0541 e. The van der Waals surface area contributed by atoms with Gasteiger partial charge in [-0.25, -0.2) is 0 Å². The van der Waals surface area contributed by atoms with Crippen molar-refractivity contribution in [3.8, 4) is 22.7 Å². The Morgan fingerprint density at radius 1 is 0.189 bits per heavy atom. The first-order chi connectivity index (χ1) is 44.6. The number of rotatable bonds is 10. The summed E-state index contributed by atoms with van der Waals surface area (Å²) in [7, 11) is 0. The summed E-state index contributed by atoms with van der Waals surface area (Å²) >= 11 is 0. The van der Waals surface area contributed by atoms with Gasteiger partial charge >= 0.3 is 0 Å². The molecule has 4 aromatic heterocycles. The number of hydrogen-bond donors (Lipinski definition) is 0. The van der Waals surface area contributed by atoms with Gasteiger partial charge in [0.15, 0.2) is 0 Å². The number of nitrogens with zero attached hydrogens (tertiary/aromatic N) is 4. The van der Waals surface area contributed by atoms with Crippen molar-refractivity contribution in [2.24, 2.45) is 0 Å². The number of para-hydroxylation sites is 8. The lowest BCUT2D eigenvalue weighted by molar-refractivity contribution is 1.18. The van der Waals surface area contributed by atoms with Gasteiger partial charge in [-0.1, -0.05) is 218 Å². The fourth-order valence-corrected chi connectivity index (χ4v) is 14.4. The number of hydrogen-bond acceptors (Lipinski definition) is 0. The first-order valence-electron chi connectivity index (χ1n) is 31.0. The molecule has 4 nitrogen and oxygen atoms in total. The average molecular weight is 1150 g/mol. The molecule has 18 rings (SSSR count). The van der Waals surface area contributed by atoms with Crippen LogP contribution < -0.4 is 0 Å². The lowest BCUT2D eigenvalue weighted by atomic mass is 9.93. The Balaban J connectivity index is 0.737. The average Bonchev–Trinajstić information content (AvgIpc) is 3.42. The van der Waals surface area contributed by atoms with E-state index in [4.69, 9.17) is 0 Å². The molecule has 0 atom stereocenters. The highest BCUT2D eigenvalue weighted by Crippen LogP contribution is 2.39. The second-order valence-corrected chi connectivity index (χ2v) is 23.6. The van der Waals surface area contributed by atoms with Gasteiger partial charge in [0.25, 0.3) is 0 Å². The molecular weight excluding hydrogens is 1090 g/mol. The Labute approximate surface area is 520 Å². The van der Waals surface area contributed by atoms with E-state index in [0.717, 1.165) is 67.3 Å². The smallest absolute Gasteiger partial charge is 0.0541 e. The van der Waals surface area contributed by atoms with Crippen LogP contribution >= 0.6 is 0 Å². The van der Waals surface area contributed by atoms with E-state index in [1.165, 1.54) is 98.0 Å². The SMILES string of the molecule is C(=C(c1ccc(-n2c3ccccc3c3ccccc32)cc1)c1ccc(-n2c3ccccc3c3ccccc32)cc1)c1ccc2cc(C=C(c3ccc(-n4c5ccccc5c5ccccc54)cc3)c3ccc(-n4c5ccccc5c5ccccc54)cc3)ccc2c1. The standard InChI is InChI=1S/C86H56N4/c1-9-25-79-69(17-1)70-18-2-10-26-80(70)87(79)65-45-37-59(38-46-65)77(60-39-47-66(48-40-60)88-81-27-11-3-19-71(81)72-20-4-12-28-82(72)88)55-57-33-35-64-54-58(34-36-63(64)53-57)56-78(61-41-49-67(50-42-61)89-83-29-13-5-21-73(83)74-22-6-14-30-84(74)89)62-43-51-68(52-44-62)90-85-31-15-7-23-75(85)76-24-8-16-32-86(76)90/h1-56H. The van der Waals surface area contributed by atoms with Crippen LogP contribution in [0.3, 0.4) is 0 Å². The van der Waals surface area contributed by atoms with E-state index in [9.17, 15) is 0 Å². The van der Waals surface area contributed by atoms with E-state index < -0.39 is 0 Å². The topological polar surface area (TPSA) is 19.7 Å². The molecule has 18 aromatic rings. The second kappa shape index (κ2) is 20.9. The third-order valence-corrected chi connectivity index (χ3v) is 18.6. The molecule has 90 heavy (non-hydrogen) atoms. The largest absolute Gasteiger partial charge is 0.309 e. The Morgan fingerprint density at radius 2 is 0.378 bits per heavy atom. The number of benzene rings is 14. The van der Waals surface area contributed by atoms with E-state index in [1.807, 2.05) is 0 Å². The van der Waals surface area contributed by atoms with Crippen molar-refractivity contribution in [1.82, 2.24) is 18.3 Å². The Hall–Kier alpha value is -12.0. The summed E-state index contributed by atoms with van der Waals surface area (Å²) in [6, 6.07) is 120. The highest BCUT2D eigenvalue weighted by atomic mass is 15.0. The molecule has 0 aliphatic heterocycles. The van der Waals surface area contributed by atoms with Crippen molar-refractivity contribution in [3.05, 3.63) is 361 Å². The van der Waals surface area contributed by atoms with Gasteiger partial charge in [-0.15, -0.1) is 0 Å². The molecule has 0 aliphatic carbocycles. The van der Waals surface area contributed by atoms with Gasteiger partial charge in [-0.2, -0.15) is 0 Å². The summed E-state index contributed by atoms with van der Waals surface area (Å²) in [4.78, 5) is 0. The highest BCUT2D eigenvalue weighted by molar-refractivity contribution is 6.12. The molecule has 4 heteroatoms. The van der Waals surface area contributed by atoms with Crippen molar-refractivity contribution in [1.29, 1.82) is 0 Å². The molecule has 0 radical (unpaired) electrons. The minimum atomic E-state index is 1.13. The lowest BCUT2D eigenvalue weighted by Crippen LogP contribution is -1.96. The molecule has 4 heterocycles. The molecule has 0 amide bonds.